The van der Waals surface area contributed by atoms with Crippen LogP contribution in [0.25, 0.3) is 0 Å². The lowest BCUT2D eigenvalue weighted by Crippen LogP contribution is -2.55. The topological polar surface area (TPSA) is 137 Å². The molecule has 0 bridgehead atoms. The van der Waals surface area contributed by atoms with Crippen molar-refractivity contribution in [2.75, 3.05) is 17.2 Å². The molecule has 0 unspecified atom stereocenters. The van der Waals surface area contributed by atoms with Gasteiger partial charge in [-0.2, -0.15) is 0 Å². The van der Waals surface area contributed by atoms with Gasteiger partial charge in [0.2, 0.25) is 6.41 Å². The van der Waals surface area contributed by atoms with Crippen molar-refractivity contribution in [3.63, 3.8) is 0 Å². The third-order valence-corrected chi connectivity index (χ3v) is 2.71. The minimum atomic E-state index is -1.33. The van der Waals surface area contributed by atoms with Crippen molar-refractivity contribution >= 4 is 17.9 Å². The molecule has 0 aromatic carbocycles. The molecule has 1 amide bonds. The summed E-state index contributed by atoms with van der Waals surface area (Å²) >= 11 is 0. The first-order valence-corrected chi connectivity index (χ1v) is 5.56. The fraction of sp³-hybridized carbons (Fsp3) is 0.500. The van der Waals surface area contributed by atoms with Crippen LogP contribution in [0.3, 0.4) is 0 Å². The molecule has 0 saturated carbocycles. The lowest BCUT2D eigenvalue weighted by atomic mass is 10.0. The van der Waals surface area contributed by atoms with Crippen LogP contribution in [0.15, 0.2) is 12.5 Å². The van der Waals surface area contributed by atoms with E-state index in [4.69, 9.17) is 4.74 Å². The Morgan fingerprint density at radius 1 is 1.37 bits per heavy atom. The molecule has 0 radical (unpaired) electrons. The van der Waals surface area contributed by atoms with Gasteiger partial charge < -0.3 is 30.7 Å². The number of hydrogen-bond donors (Lipinski definition) is 5. The van der Waals surface area contributed by atoms with Crippen LogP contribution in [-0.4, -0.2) is 62.8 Å². The number of aliphatic hydroxyl groups excluding tert-OH is 3. The van der Waals surface area contributed by atoms with Crippen molar-refractivity contribution in [2.45, 2.75) is 24.5 Å². The highest BCUT2D eigenvalue weighted by atomic mass is 16.5. The summed E-state index contributed by atoms with van der Waals surface area (Å²) in [6, 6.07) is 0. The predicted molar refractivity (Wildman–Crippen MR) is 63.1 cm³/mol. The maximum atomic E-state index is 10.4. The van der Waals surface area contributed by atoms with E-state index in [1.54, 1.807) is 0 Å². The molecule has 1 aromatic heterocycles. The highest BCUT2D eigenvalue weighted by Gasteiger charge is 2.37. The quantitative estimate of drug-likeness (QED) is 0.392. The Labute approximate surface area is 108 Å². The molecule has 1 aromatic rings. The molecule has 4 atom stereocenters. The first kappa shape index (κ1) is 13.6. The molecule has 1 aliphatic rings. The Kier molecular flexibility index (Phi) is 4.22. The lowest BCUT2D eigenvalue weighted by molar-refractivity contribution is -0.178. The highest BCUT2D eigenvalue weighted by molar-refractivity contribution is 5.78. The van der Waals surface area contributed by atoms with Crippen LogP contribution in [-0.2, 0) is 9.53 Å². The number of nitrogens with zero attached hydrogens (tertiary/aromatic N) is 2. The lowest BCUT2D eigenvalue weighted by Gasteiger charge is -2.35. The number of rotatable bonds is 4. The smallest absolute Gasteiger partial charge is 0.211 e. The van der Waals surface area contributed by atoms with Crippen LogP contribution in [0.4, 0.5) is 11.5 Å². The maximum absolute atomic E-state index is 10.4. The molecule has 19 heavy (non-hydrogen) atoms. The fourth-order valence-electron chi connectivity index (χ4n) is 1.68. The number of amides is 1. The molecule has 0 aliphatic carbocycles. The summed E-state index contributed by atoms with van der Waals surface area (Å²) in [4.78, 5) is 18.1. The van der Waals surface area contributed by atoms with Gasteiger partial charge in [0, 0.05) is 0 Å². The summed E-state index contributed by atoms with van der Waals surface area (Å²) in [5, 5.41) is 33.7. The van der Waals surface area contributed by atoms with Crippen molar-refractivity contribution < 1.29 is 24.9 Å². The van der Waals surface area contributed by atoms with Gasteiger partial charge in [0.05, 0.1) is 12.8 Å². The Morgan fingerprint density at radius 2 is 2.16 bits per heavy atom. The van der Waals surface area contributed by atoms with Gasteiger partial charge in [0.25, 0.3) is 0 Å². The maximum Gasteiger partial charge on any atom is 0.211 e. The number of carbonyl (C=O) groups is 1. The zero-order chi connectivity index (χ0) is 13.8. The zero-order valence-corrected chi connectivity index (χ0v) is 9.80. The molecule has 0 spiro atoms. The van der Waals surface area contributed by atoms with Gasteiger partial charge in [-0.1, -0.05) is 0 Å². The normalized spacial score (nSPS) is 30.7. The first-order chi connectivity index (χ1) is 9.13. The fourth-order valence-corrected chi connectivity index (χ4v) is 1.68. The van der Waals surface area contributed by atoms with E-state index >= 15 is 0 Å². The standard InChI is InChI=1S/C10H14N4O5/c15-4-13-5-1-11-3-12-9(5)14-10-8(18)7(17)6(16)2-19-10/h1,3-4,6-8,10,16-18H,2H2,(H,13,15)(H,11,12,14)/t6-,7-,8-,10+/m1/s1. The Hall–Kier alpha value is -1.81. The number of ether oxygens (including phenoxy) is 1. The second-order valence-electron chi connectivity index (χ2n) is 3.99. The van der Waals surface area contributed by atoms with Crippen molar-refractivity contribution in [1.82, 2.24) is 9.97 Å². The number of aromatic nitrogens is 2. The zero-order valence-electron chi connectivity index (χ0n) is 9.80. The molecule has 2 heterocycles. The molecule has 1 saturated heterocycles. The number of carbonyl (C=O) groups excluding carboxylic acids is 1. The van der Waals surface area contributed by atoms with E-state index in [2.05, 4.69) is 20.6 Å². The number of hydrogen-bond acceptors (Lipinski definition) is 8. The van der Waals surface area contributed by atoms with E-state index < -0.39 is 24.5 Å². The summed E-state index contributed by atoms with van der Waals surface area (Å²) in [5.74, 6) is 0.231. The third-order valence-electron chi connectivity index (χ3n) is 2.71. The van der Waals surface area contributed by atoms with Gasteiger partial charge in [-0.15, -0.1) is 0 Å². The molecular weight excluding hydrogens is 256 g/mol. The van der Waals surface area contributed by atoms with Gasteiger partial charge in [-0.3, -0.25) is 4.79 Å². The van der Waals surface area contributed by atoms with Gasteiger partial charge in [0.1, 0.15) is 30.3 Å². The minimum Gasteiger partial charge on any atom is -0.388 e. The second-order valence-corrected chi connectivity index (χ2v) is 3.99. The molecule has 9 nitrogen and oxygen atoms in total. The second kappa shape index (κ2) is 5.89. The molecule has 1 fully saturated rings. The van der Waals surface area contributed by atoms with Gasteiger partial charge in [0.15, 0.2) is 12.0 Å². The SMILES string of the molecule is O=CNc1cncnc1N[C@H]1OC[C@@H](O)[C@@H](O)[C@H]1O. The van der Waals surface area contributed by atoms with Gasteiger partial charge >= 0.3 is 0 Å². The van der Waals surface area contributed by atoms with E-state index in [0.717, 1.165) is 0 Å². The molecule has 104 valence electrons. The van der Waals surface area contributed by atoms with Crippen LogP contribution in [0.5, 0.6) is 0 Å². The third kappa shape index (κ3) is 2.96. The van der Waals surface area contributed by atoms with Crippen molar-refractivity contribution in [3.8, 4) is 0 Å². The van der Waals surface area contributed by atoms with Crippen LogP contribution >= 0.6 is 0 Å². The molecule has 2 rings (SSSR count). The van der Waals surface area contributed by atoms with E-state index in [-0.39, 0.29) is 12.4 Å². The molecule has 9 heteroatoms. The number of nitrogens with one attached hydrogen (secondary N) is 2. The van der Waals surface area contributed by atoms with Crippen molar-refractivity contribution in [2.24, 2.45) is 0 Å². The van der Waals surface area contributed by atoms with Crippen LogP contribution in [0.2, 0.25) is 0 Å². The van der Waals surface area contributed by atoms with E-state index in [1.807, 2.05) is 0 Å². The van der Waals surface area contributed by atoms with E-state index in [9.17, 15) is 20.1 Å². The monoisotopic (exact) mass is 270 g/mol. The largest absolute Gasteiger partial charge is 0.388 e. The minimum absolute atomic E-state index is 0.128. The highest BCUT2D eigenvalue weighted by Crippen LogP contribution is 2.21. The summed E-state index contributed by atoms with van der Waals surface area (Å²) in [6.07, 6.45) is -1.69. The Bertz CT molecular complexity index is 446. The van der Waals surface area contributed by atoms with Crippen LogP contribution in [0.1, 0.15) is 0 Å². The average molecular weight is 270 g/mol. The summed E-state index contributed by atoms with van der Waals surface area (Å²) in [6.45, 7) is -0.128. The van der Waals surface area contributed by atoms with Crippen molar-refractivity contribution in [1.29, 1.82) is 0 Å². The Balaban J connectivity index is 2.10. The number of anilines is 2. The summed E-state index contributed by atoms with van der Waals surface area (Å²) in [5.41, 5.74) is 0.300. The van der Waals surface area contributed by atoms with E-state index in [1.165, 1.54) is 12.5 Å². The summed E-state index contributed by atoms with van der Waals surface area (Å²) in [7, 11) is 0. The van der Waals surface area contributed by atoms with Crippen molar-refractivity contribution in [3.05, 3.63) is 12.5 Å². The molecular formula is C10H14N4O5. The molecule has 1 aliphatic heterocycles. The Morgan fingerprint density at radius 3 is 2.89 bits per heavy atom. The first-order valence-electron chi connectivity index (χ1n) is 5.56. The van der Waals surface area contributed by atoms with Gasteiger partial charge in [-0.05, 0) is 0 Å². The number of aliphatic hydroxyl groups is 3. The van der Waals surface area contributed by atoms with Gasteiger partial charge in [-0.25, -0.2) is 9.97 Å². The van der Waals surface area contributed by atoms with Crippen LogP contribution < -0.4 is 10.6 Å². The average Bonchev–Trinajstić information content (AvgIpc) is 2.42. The summed E-state index contributed by atoms with van der Waals surface area (Å²) < 4.78 is 5.16. The van der Waals surface area contributed by atoms with Crippen LogP contribution in [0, 0.1) is 0 Å². The molecule has 5 N–H and O–H groups in total. The van der Waals surface area contributed by atoms with E-state index in [0.29, 0.717) is 12.1 Å². The predicted octanol–water partition coefficient (Wildman–Crippen LogP) is -2.10.